The smallest absolute Gasteiger partial charge is 0.407 e. The average Bonchev–Trinajstić information content (AvgIpc) is 3.29. The normalized spacial score (nSPS) is 22.2. The van der Waals surface area contributed by atoms with Gasteiger partial charge >= 0.3 is 6.09 Å². The van der Waals surface area contributed by atoms with Crippen LogP contribution in [0.5, 0.6) is 0 Å². The molecule has 180 valence electrons. The van der Waals surface area contributed by atoms with Crippen LogP contribution in [0.3, 0.4) is 0 Å². The second-order valence-corrected chi connectivity index (χ2v) is 11.3. The van der Waals surface area contributed by atoms with Crippen LogP contribution in [-0.4, -0.2) is 55.4 Å². The molecule has 1 atom stereocenters. The number of aromatic nitrogens is 4. The van der Waals surface area contributed by atoms with Crippen LogP contribution < -0.4 is 0 Å². The van der Waals surface area contributed by atoms with Gasteiger partial charge in [0.1, 0.15) is 4.60 Å². The first-order valence-electron chi connectivity index (χ1n) is 11.8. The van der Waals surface area contributed by atoms with Crippen molar-refractivity contribution in [3.63, 3.8) is 0 Å². The monoisotopic (exact) mass is 547 g/mol. The first kappa shape index (κ1) is 22.4. The van der Waals surface area contributed by atoms with Gasteiger partial charge in [0, 0.05) is 47.3 Å². The van der Waals surface area contributed by atoms with Crippen LogP contribution in [0.2, 0.25) is 5.02 Å². The van der Waals surface area contributed by atoms with Crippen LogP contribution in [0.25, 0.3) is 22.0 Å². The Morgan fingerprint density at radius 1 is 1.24 bits per heavy atom. The SMILES string of the molecule is Cc1cc2c(cnn2C2CCCCO2)c(-c2c(Br)nn(C3CC4(C3)CN(C(=O)O)C4)c2C)c1Cl. The van der Waals surface area contributed by atoms with Gasteiger partial charge in [0.15, 0.2) is 6.23 Å². The first-order chi connectivity index (χ1) is 16.3. The molecule has 3 aliphatic rings. The number of carboxylic acid groups (broad SMARTS) is 1. The molecule has 1 spiro atoms. The van der Waals surface area contributed by atoms with Crippen LogP contribution in [0.15, 0.2) is 16.9 Å². The summed E-state index contributed by atoms with van der Waals surface area (Å²) in [4.78, 5) is 12.7. The Kier molecular flexibility index (Phi) is 5.24. The fourth-order valence-corrected chi connectivity index (χ4v) is 6.98. The van der Waals surface area contributed by atoms with Gasteiger partial charge in [0.05, 0.1) is 22.8 Å². The van der Waals surface area contributed by atoms with Crippen LogP contribution >= 0.6 is 27.5 Å². The van der Waals surface area contributed by atoms with E-state index < -0.39 is 6.09 Å². The molecule has 10 heteroatoms. The van der Waals surface area contributed by atoms with Gasteiger partial charge in [-0.3, -0.25) is 4.68 Å². The third-order valence-electron chi connectivity index (χ3n) is 7.81. The first-order valence-corrected chi connectivity index (χ1v) is 13.0. The Hall–Kier alpha value is -2.10. The number of amides is 1. The lowest BCUT2D eigenvalue weighted by molar-refractivity contribution is -0.0776. The highest BCUT2D eigenvalue weighted by Crippen LogP contribution is 2.55. The summed E-state index contributed by atoms with van der Waals surface area (Å²) in [5.74, 6) is 0. The molecular weight excluding hydrogens is 522 g/mol. The lowest BCUT2D eigenvalue weighted by atomic mass is 9.61. The van der Waals surface area contributed by atoms with Gasteiger partial charge < -0.3 is 14.7 Å². The van der Waals surface area contributed by atoms with E-state index in [0.29, 0.717) is 18.1 Å². The molecule has 2 aliphatic heterocycles. The van der Waals surface area contributed by atoms with E-state index >= 15 is 0 Å². The maximum absolute atomic E-state index is 11.2. The number of hydrogen-bond acceptors (Lipinski definition) is 4. The molecule has 0 radical (unpaired) electrons. The molecule has 6 rings (SSSR count). The Bertz CT molecular complexity index is 1300. The summed E-state index contributed by atoms with van der Waals surface area (Å²) in [6.45, 7) is 6.12. The number of likely N-dealkylation sites (tertiary alicyclic amines) is 1. The van der Waals surface area contributed by atoms with Crippen molar-refractivity contribution in [2.24, 2.45) is 5.41 Å². The van der Waals surface area contributed by atoms with E-state index in [2.05, 4.69) is 33.6 Å². The summed E-state index contributed by atoms with van der Waals surface area (Å²) in [5, 5.41) is 20.4. The number of fused-ring (bicyclic) bond motifs is 1. The number of benzene rings is 1. The minimum Gasteiger partial charge on any atom is -0.465 e. The van der Waals surface area contributed by atoms with Crippen LogP contribution in [0, 0.1) is 19.3 Å². The molecular formula is C24H27BrClN5O3. The van der Waals surface area contributed by atoms with Crippen molar-refractivity contribution >= 4 is 44.5 Å². The van der Waals surface area contributed by atoms with Gasteiger partial charge in [-0.1, -0.05) is 11.6 Å². The maximum Gasteiger partial charge on any atom is 0.407 e. The lowest BCUT2D eigenvalue weighted by Gasteiger charge is -2.58. The van der Waals surface area contributed by atoms with Crippen molar-refractivity contribution in [2.75, 3.05) is 19.7 Å². The van der Waals surface area contributed by atoms with Gasteiger partial charge in [0.25, 0.3) is 0 Å². The molecule has 1 N–H and O–H groups in total. The fourth-order valence-electron chi connectivity index (χ4n) is 6.08. The van der Waals surface area contributed by atoms with E-state index in [-0.39, 0.29) is 17.7 Å². The summed E-state index contributed by atoms with van der Waals surface area (Å²) < 4.78 is 10.9. The molecule has 3 aromatic rings. The van der Waals surface area contributed by atoms with Crippen LogP contribution in [-0.2, 0) is 4.74 Å². The number of hydrogen-bond donors (Lipinski definition) is 1. The van der Waals surface area contributed by atoms with Crippen LogP contribution in [0.1, 0.15) is 55.6 Å². The second-order valence-electron chi connectivity index (χ2n) is 10.1. The van der Waals surface area contributed by atoms with Crippen molar-refractivity contribution < 1.29 is 14.6 Å². The van der Waals surface area contributed by atoms with Crippen molar-refractivity contribution in [1.82, 2.24) is 24.5 Å². The van der Waals surface area contributed by atoms with Gasteiger partial charge in [-0.2, -0.15) is 10.2 Å². The standard InChI is InChI=1S/C24H27BrClN5O3/c1-13-7-17-16(10-27-31(17)18-5-3-4-6-34-18)20(21(13)26)19-14(2)30(28-22(19)25)15-8-24(9-15)11-29(12-24)23(32)33/h7,10,15,18H,3-6,8-9,11-12H2,1-2H3,(H,32,33). The molecule has 1 unspecified atom stereocenters. The van der Waals surface area contributed by atoms with Gasteiger partial charge in [0.2, 0.25) is 0 Å². The Balaban J connectivity index is 1.37. The van der Waals surface area contributed by atoms with Crippen molar-refractivity contribution in [2.45, 2.75) is 58.2 Å². The Morgan fingerprint density at radius 2 is 2.00 bits per heavy atom. The number of halogens is 2. The second kappa shape index (κ2) is 7.96. The van der Waals surface area contributed by atoms with E-state index in [9.17, 15) is 9.90 Å². The highest BCUT2D eigenvalue weighted by Gasteiger charge is 2.55. The third kappa shape index (κ3) is 3.31. The molecule has 1 aromatic carbocycles. The summed E-state index contributed by atoms with van der Waals surface area (Å²) >= 11 is 10.6. The molecule has 8 nitrogen and oxygen atoms in total. The minimum atomic E-state index is -0.827. The molecule has 1 amide bonds. The Morgan fingerprint density at radius 3 is 2.68 bits per heavy atom. The van der Waals surface area contributed by atoms with E-state index in [1.165, 1.54) is 4.90 Å². The molecule has 2 saturated heterocycles. The minimum absolute atomic E-state index is 0.0500. The topological polar surface area (TPSA) is 85.4 Å². The molecule has 0 bridgehead atoms. The Labute approximate surface area is 210 Å². The number of carbonyl (C=O) groups is 1. The van der Waals surface area contributed by atoms with E-state index in [4.69, 9.17) is 26.5 Å². The lowest BCUT2D eigenvalue weighted by Crippen LogP contribution is -2.63. The molecule has 1 aliphatic carbocycles. The molecule has 2 aromatic heterocycles. The van der Waals surface area contributed by atoms with Gasteiger partial charge in [-0.15, -0.1) is 0 Å². The maximum atomic E-state index is 11.2. The highest BCUT2D eigenvalue weighted by atomic mass is 79.9. The van der Waals surface area contributed by atoms with Crippen molar-refractivity contribution in [1.29, 1.82) is 0 Å². The number of aryl methyl sites for hydroxylation is 1. The number of nitrogens with zero attached hydrogens (tertiary/aromatic N) is 5. The zero-order valence-electron chi connectivity index (χ0n) is 19.2. The number of rotatable bonds is 3. The summed E-state index contributed by atoms with van der Waals surface area (Å²) in [7, 11) is 0. The summed E-state index contributed by atoms with van der Waals surface area (Å²) in [6.07, 6.45) is 6.08. The summed E-state index contributed by atoms with van der Waals surface area (Å²) in [5.41, 5.74) is 5.12. The zero-order valence-corrected chi connectivity index (χ0v) is 21.6. The van der Waals surface area contributed by atoms with E-state index in [1.54, 1.807) is 0 Å². The van der Waals surface area contributed by atoms with E-state index in [1.807, 2.05) is 17.8 Å². The fraction of sp³-hybridized carbons (Fsp3) is 0.542. The zero-order chi connectivity index (χ0) is 23.8. The van der Waals surface area contributed by atoms with Crippen molar-refractivity contribution in [3.8, 4) is 11.1 Å². The molecule has 1 saturated carbocycles. The highest BCUT2D eigenvalue weighted by molar-refractivity contribution is 9.10. The predicted octanol–water partition coefficient (Wildman–Crippen LogP) is 5.95. The largest absolute Gasteiger partial charge is 0.465 e. The average molecular weight is 549 g/mol. The summed E-state index contributed by atoms with van der Waals surface area (Å²) in [6, 6.07) is 2.36. The molecule has 34 heavy (non-hydrogen) atoms. The van der Waals surface area contributed by atoms with E-state index in [0.717, 1.165) is 76.6 Å². The van der Waals surface area contributed by atoms with Gasteiger partial charge in [-0.05, 0) is 73.5 Å². The molecule has 4 heterocycles. The van der Waals surface area contributed by atoms with Crippen molar-refractivity contribution in [3.05, 3.63) is 33.1 Å². The molecule has 3 fully saturated rings. The van der Waals surface area contributed by atoms with Crippen LogP contribution in [0.4, 0.5) is 4.79 Å². The number of ether oxygens (including phenoxy) is 1. The quantitative estimate of drug-likeness (QED) is 0.437. The van der Waals surface area contributed by atoms with Gasteiger partial charge in [-0.25, -0.2) is 9.48 Å². The predicted molar refractivity (Wildman–Crippen MR) is 132 cm³/mol. The third-order valence-corrected chi connectivity index (χ3v) is 8.86.